The topological polar surface area (TPSA) is 81.4 Å². The number of halogens is 1. The van der Waals surface area contributed by atoms with Crippen LogP contribution in [0.15, 0.2) is 48.7 Å². The van der Waals surface area contributed by atoms with E-state index in [2.05, 4.69) is 20.5 Å². The minimum atomic E-state index is -0.261. The molecule has 32 heavy (non-hydrogen) atoms. The molecule has 1 aromatic carbocycles. The van der Waals surface area contributed by atoms with E-state index in [1.807, 2.05) is 42.0 Å². The highest BCUT2D eigenvalue weighted by Crippen LogP contribution is 2.24. The molecular weight excluding hydrogens is 466 g/mol. The molecule has 0 saturated carbocycles. The van der Waals surface area contributed by atoms with Crippen LogP contribution in [-0.2, 0) is 6.61 Å². The van der Waals surface area contributed by atoms with Gasteiger partial charge in [0.25, 0.3) is 5.91 Å². The van der Waals surface area contributed by atoms with Crippen LogP contribution < -0.4 is 10.1 Å². The Morgan fingerprint density at radius 1 is 1.25 bits per heavy atom. The second-order valence-corrected chi connectivity index (χ2v) is 9.56. The minimum Gasteiger partial charge on any atom is -0.486 e. The number of carbonyl (C=O) groups excluding carboxylic acids is 1. The van der Waals surface area contributed by atoms with Crippen molar-refractivity contribution >= 4 is 46.3 Å². The van der Waals surface area contributed by atoms with Crippen LogP contribution >= 0.6 is 34.7 Å². The molecule has 0 radical (unpaired) electrons. The maximum atomic E-state index is 13.1. The number of thioether (sulfide) groups is 1. The number of fused-ring (bicyclic) bond motifs is 1. The van der Waals surface area contributed by atoms with Crippen LogP contribution in [0.2, 0.25) is 5.02 Å². The van der Waals surface area contributed by atoms with E-state index >= 15 is 0 Å². The molecule has 4 rings (SSSR count). The summed E-state index contributed by atoms with van der Waals surface area (Å²) in [4.78, 5) is 18.2. The molecule has 3 aromatic heterocycles. The Morgan fingerprint density at radius 2 is 2.06 bits per heavy atom. The number of nitrogens with zero attached hydrogens (tertiary/aromatic N) is 4. The number of rotatable bonds is 9. The van der Waals surface area contributed by atoms with Gasteiger partial charge in [0.15, 0.2) is 11.5 Å². The number of aryl methyl sites for hydroxylation is 1. The molecule has 0 bridgehead atoms. The van der Waals surface area contributed by atoms with Gasteiger partial charge >= 0.3 is 0 Å². The van der Waals surface area contributed by atoms with Gasteiger partial charge in [0, 0.05) is 11.2 Å². The predicted molar refractivity (Wildman–Crippen MR) is 129 cm³/mol. The highest BCUT2D eigenvalue weighted by atomic mass is 35.5. The van der Waals surface area contributed by atoms with Gasteiger partial charge < -0.3 is 10.1 Å². The lowest BCUT2D eigenvalue weighted by atomic mass is 10.2. The van der Waals surface area contributed by atoms with Crippen molar-refractivity contribution in [2.45, 2.75) is 26.0 Å². The molecule has 166 valence electrons. The van der Waals surface area contributed by atoms with Crippen LogP contribution in [0.5, 0.6) is 5.75 Å². The number of benzene rings is 1. The summed E-state index contributed by atoms with van der Waals surface area (Å²) in [6.45, 7) is 2.12. The predicted octanol–water partition coefficient (Wildman–Crippen LogP) is 4.95. The van der Waals surface area contributed by atoms with Gasteiger partial charge in [-0.25, -0.2) is 4.98 Å². The Kier molecular flexibility index (Phi) is 7.29. The molecule has 1 N–H and O–H groups in total. The number of amides is 1. The van der Waals surface area contributed by atoms with Crippen LogP contribution in [0.1, 0.15) is 38.7 Å². The van der Waals surface area contributed by atoms with E-state index in [0.29, 0.717) is 21.3 Å². The molecule has 7 nitrogen and oxygen atoms in total. The molecule has 0 saturated heterocycles. The maximum Gasteiger partial charge on any atom is 0.263 e. The lowest BCUT2D eigenvalue weighted by molar-refractivity contribution is 0.0937. The first-order valence-corrected chi connectivity index (χ1v) is 12.6. The quantitative estimate of drug-likeness (QED) is 0.359. The Hall–Kier alpha value is -2.62. The van der Waals surface area contributed by atoms with Gasteiger partial charge in [-0.05, 0) is 61.8 Å². The number of pyridine rings is 1. The second kappa shape index (κ2) is 10.3. The number of hydrogen-bond acceptors (Lipinski definition) is 7. The largest absolute Gasteiger partial charge is 0.486 e. The van der Waals surface area contributed by atoms with Crippen LogP contribution in [0, 0.1) is 6.92 Å². The van der Waals surface area contributed by atoms with Crippen molar-refractivity contribution in [3.8, 4) is 5.75 Å². The maximum absolute atomic E-state index is 13.1. The standard InChI is InChI=1S/C22H22ClN5O2S2/c1-14-20(32-19(24-14)13-30-16-8-6-15(23)7-9-16)22(29)25-17(10-12-31-2)21-27-26-18-5-3-4-11-28(18)21/h3-9,11,17H,10,12-13H2,1-2H3,(H,25,29). The monoisotopic (exact) mass is 487 g/mol. The fraction of sp³-hybridized carbons (Fsp3) is 0.273. The molecule has 4 aromatic rings. The smallest absolute Gasteiger partial charge is 0.263 e. The Morgan fingerprint density at radius 3 is 2.84 bits per heavy atom. The summed E-state index contributed by atoms with van der Waals surface area (Å²) in [5.74, 6) is 2.13. The number of carbonyl (C=O) groups is 1. The molecule has 0 aliphatic carbocycles. The molecule has 0 fully saturated rings. The molecule has 1 amide bonds. The van der Waals surface area contributed by atoms with Crippen molar-refractivity contribution in [1.29, 1.82) is 0 Å². The van der Waals surface area contributed by atoms with Gasteiger partial charge in [0.1, 0.15) is 22.2 Å². The SMILES string of the molecule is CSCCC(NC(=O)c1sc(COc2ccc(Cl)cc2)nc1C)c1nnc2ccccn12. The van der Waals surface area contributed by atoms with Crippen LogP contribution in [0.4, 0.5) is 0 Å². The third-order valence-electron chi connectivity index (χ3n) is 4.79. The molecule has 0 spiro atoms. The summed E-state index contributed by atoms with van der Waals surface area (Å²) >= 11 is 8.97. The van der Waals surface area contributed by atoms with Crippen LogP contribution in [-0.4, -0.2) is 37.5 Å². The summed E-state index contributed by atoms with van der Waals surface area (Å²) < 4.78 is 7.68. The first-order chi connectivity index (χ1) is 15.5. The van der Waals surface area contributed by atoms with E-state index < -0.39 is 0 Å². The fourth-order valence-corrected chi connectivity index (χ4v) is 4.70. The number of thiazole rings is 1. The lowest BCUT2D eigenvalue weighted by Gasteiger charge is -2.16. The summed E-state index contributed by atoms with van der Waals surface area (Å²) in [7, 11) is 0. The van der Waals surface area contributed by atoms with E-state index in [-0.39, 0.29) is 18.6 Å². The van der Waals surface area contributed by atoms with Gasteiger partial charge in [-0.3, -0.25) is 9.20 Å². The summed E-state index contributed by atoms with van der Waals surface area (Å²) in [6, 6.07) is 12.6. The highest BCUT2D eigenvalue weighted by Gasteiger charge is 2.23. The van der Waals surface area contributed by atoms with E-state index in [1.165, 1.54) is 11.3 Å². The average molecular weight is 488 g/mol. The number of nitrogens with one attached hydrogen (secondary N) is 1. The van der Waals surface area contributed by atoms with E-state index in [4.69, 9.17) is 16.3 Å². The van der Waals surface area contributed by atoms with Crippen molar-refractivity contribution < 1.29 is 9.53 Å². The number of hydrogen-bond donors (Lipinski definition) is 1. The van der Waals surface area contributed by atoms with Crippen LogP contribution in [0.3, 0.4) is 0 Å². The van der Waals surface area contributed by atoms with Gasteiger partial charge in [-0.15, -0.1) is 21.5 Å². The summed E-state index contributed by atoms with van der Waals surface area (Å²) in [5.41, 5.74) is 1.43. The van der Waals surface area contributed by atoms with E-state index in [9.17, 15) is 4.79 Å². The highest BCUT2D eigenvalue weighted by molar-refractivity contribution is 7.98. The first kappa shape index (κ1) is 22.6. The average Bonchev–Trinajstić information content (AvgIpc) is 3.39. The van der Waals surface area contributed by atoms with Crippen molar-refractivity contribution in [1.82, 2.24) is 24.9 Å². The van der Waals surface area contributed by atoms with Crippen LogP contribution in [0.25, 0.3) is 5.65 Å². The van der Waals surface area contributed by atoms with Crippen molar-refractivity contribution in [3.63, 3.8) is 0 Å². The Labute approximate surface area is 199 Å². The zero-order chi connectivity index (χ0) is 22.5. The zero-order valence-corrected chi connectivity index (χ0v) is 20.0. The molecule has 0 aliphatic rings. The summed E-state index contributed by atoms with van der Waals surface area (Å²) in [5, 5.41) is 13.1. The molecule has 1 unspecified atom stereocenters. The normalized spacial score (nSPS) is 12.1. The van der Waals surface area contributed by atoms with Crippen molar-refractivity contribution in [2.75, 3.05) is 12.0 Å². The Balaban J connectivity index is 1.49. The lowest BCUT2D eigenvalue weighted by Crippen LogP contribution is -2.30. The molecular formula is C22H22ClN5O2S2. The fourth-order valence-electron chi connectivity index (χ4n) is 3.22. The molecule has 1 atom stereocenters. The van der Waals surface area contributed by atoms with E-state index in [1.54, 1.807) is 36.0 Å². The van der Waals surface area contributed by atoms with Gasteiger partial charge in [-0.2, -0.15) is 11.8 Å². The minimum absolute atomic E-state index is 0.170. The first-order valence-electron chi connectivity index (χ1n) is 9.99. The molecule has 0 aliphatic heterocycles. The number of ether oxygens (including phenoxy) is 1. The molecule has 10 heteroatoms. The third kappa shape index (κ3) is 5.23. The Bertz CT molecular complexity index is 1210. The van der Waals surface area contributed by atoms with Gasteiger partial charge in [-0.1, -0.05) is 17.7 Å². The van der Waals surface area contributed by atoms with Crippen molar-refractivity contribution in [2.24, 2.45) is 0 Å². The van der Waals surface area contributed by atoms with Crippen molar-refractivity contribution in [3.05, 3.63) is 75.1 Å². The summed E-state index contributed by atoms with van der Waals surface area (Å²) in [6.07, 6.45) is 4.70. The van der Waals surface area contributed by atoms with E-state index in [0.717, 1.165) is 28.7 Å². The second-order valence-electron chi connectivity index (χ2n) is 7.06. The third-order valence-corrected chi connectivity index (χ3v) is 6.82. The zero-order valence-electron chi connectivity index (χ0n) is 17.6. The van der Waals surface area contributed by atoms with Gasteiger partial charge in [0.05, 0.1) is 11.7 Å². The van der Waals surface area contributed by atoms with Gasteiger partial charge in [0.2, 0.25) is 0 Å². The number of aromatic nitrogens is 4. The molecule has 3 heterocycles.